The monoisotopic (exact) mass is 480 g/mol. The summed E-state index contributed by atoms with van der Waals surface area (Å²) < 4.78 is 0. The highest BCUT2D eigenvalue weighted by atomic mass is 35.5. The molecular weight excluding hydrogens is 459 g/mol. The van der Waals surface area contributed by atoms with E-state index >= 15 is 0 Å². The number of benzene rings is 2. The molecule has 33 heavy (non-hydrogen) atoms. The van der Waals surface area contributed by atoms with E-state index in [0.29, 0.717) is 22.5 Å². The Balaban J connectivity index is 1.34. The van der Waals surface area contributed by atoms with Crippen LogP contribution in [0.15, 0.2) is 60.7 Å². The van der Waals surface area contributed by atoms with Crippen molar-refractivity contribution in [3.8, 4) is 0 Å². The first-order chi connectivity index (χ1) is 16.0. The first-order valence-electron chi connectivity index (χ1n) is 11.3. The molecular formula is C26H22Cl2N2O3. The van der Waals surface area contributed by atoms with Gasteiger partial charge >= 0.3 is 0 Å². The van der Waals surface area contributed by atoms with Crippen LogP contribution in [0.25, 0.3) is 0 Å². The third-order valence-electron chi connectivity index (χ3n) is 7.79. The summed E-state index contributed by atoms with van der Waals surface area (Å²) in [6, 6.07) is 13.4. The molecule has 2 aromatic rings. The second-order valence-electron chi connectivity index (χ2n) is 9.50. The molecule has 0 unspecified atom stereocenters. The predicted octanol–water partition coefficient (Wildman–Crippen LogP) is 4.60. The fourth-order valence-electron chi connectivity index (χ4n) is 6.24. The summed E-state index contributed by atoms with van der Waals surface area (Å²) in [5.74, 6) is -0.369. The molecule has 4 aliphatic carbocycles. The normalized spacial score (nSPS) is 31.9. The molecule has 0 radical (unpaired) electrons. The van der Waals surface area contributed by atoms with E-state index in [0.717, 1.165) is 12.0 Å². The molecule has 1 saturated heterocycles. The van der Waals surface area contributed by atoms with Gasteiger partial charge in [-0.25, -0.2) is 0 Å². The van der Waals surface area contributed by atoms with Crippen molar-refractivity contribution in [2.45, 2.75) is 18.9 Å². The Labute approximate surface area is 201 Å². The van der Waals surface area contributed by atoms with E-state index in [2.05, 4.69) is 17.5 Å². The number of hydrogen-bond donors (Lipinski definition) is 1. The summed E-state index contributed by atoms with van der Waals surface area (Å²) in [5.41, 5.74) is 1.22. The lowest BCUT2D eigenvalue weighted by Gasteiger charge is -2.37. The van der Waals surface area contributed by atoms with Crippen LogP contribution in [0.2, 0.25) is 10.0 Å². The van der Waals surface area contributed by atoms with Crippen LogP contribution in [0.3, 0.4) is 0 Å². The van der Waals surface area contributed by atoms with Crippen molar-refractivity contribution >= 4 is 46.6 Å². The highest BCUT2D eigenvalue weighted by Gasteiger charge is 2.67. The smallest absolute Gasteiger partial charge is 0.248 e. The van der Waals surface area contributed by atoms with E-state index in [1.807, 2.05) is 30.3 Å². The molecule has 5 nitrogen and oxygen atoms in total. The average Bonchev–Trinajstić information content (AvgIpc) is 3.60. The van der Waals surface area contributed by atoms with Crippen molar-refractivity contribution in [1.82, 2.24) is 4.90 Å². The molecule has 7 heteroatoms. The van der Waals surface area contributed by atoms with Crippen molar-refractivity contribution in [3.63, 3.8) is 0 Å². The summed E-state index contributed by atoms with van der Waals surface area (Å²) in [4.78, 5) is 42.1. The molecule has 1 N–H and O–H groups in total. The molecule has 168 valence electrons. The second kappa shape index (κ2) is 7.71. The molecule has 2 saturated carbocycles. The minimum absolute atomic E-state index is 0.106. The van der Waals surface area contributed by atoms with Crippen molar-refractivity contribution in [2.75, 3.05) is 5.32 Å². The van der Waals surface area contributed by atoms with E-state index in [1.165, 1.54) is 4.90 Å². The molecule has 0 spiro atoms. The van der Waals surface area contributed by atoms with Crippen LogP contribution < -0.4 is 5.32 Å². The number of hydrogen-bond acceptors (Lipinski definition) is 3. The van der Waals surface area contributed by atoms with E-state index in [1.54, 1.807) is 18.2 Å². The number of carbonyl (C=O) groups is 3. The van der Waals surface area contributed by atoms with Crippen molar-refractivity contribution in [3.05, 3.63) is 76.3 Å². The molecule has 3 amide bonds. The minimum atomic E-state index is -0.969. The Bertz CT molecular complexity index is 1160. The van der Waals surface area contributed by atoms with Gasteiger partial charge in [0.25, 0.3) is 0 Å². The summed E-state index contributed by atoms with van der Waals surface area (Å²) in [6.07, 6.45) is 5.59. The van der Waals surface area contributed by atoms with Crippen molar-refractivity contribution in [1.29, 1.82) is 0 Å². The number of halogens is 2. The van der Waals surface area contributed by atoms with Gasteiger partial charge < -0.3 is 5.32 Å². The number of rotatable bonds is 5. The third kappa shape index (κ3) is 3.24. The number of amides is 3. The SMILES string of the molecule is O=C(Nc1cccc(Cl)c1Cl)[C@H](Cc1ccccc1)N1C(=O)[C@@H]2[C@H]3C=C[C@@H]([C@@H]4C[C@H]34)[C@@H]2C1=O. The molecule has 7 atom stereocenters. The van der Waals surface area contributed by atoms with Gasteiger partial charge in [-0.05, 0) is 47.8 Å². The zero-order valence-electron chi connectivity index (χ0n) is 17.7. The summed E-state index contributed by atoms with van der Waals surface area (Å²) in [5, 5.41) is 3.35. The van der Waals surface area contributed by atoms with Crippen LogP contribution in [0.5, 0.6) is 0 Å². The number of likely N-dealkylation sites (tertiary alicyclic amines) is 1. The van der Waals surface area contributed by atoms with Gasteiger partial charge in [0.15, 0.2) is 0 Å². The standard InChI is InChI=1S/C26H22Cl2N2O3/c27-18-7-4-8-19(23(18)28)29-24(31)20(11-13-5-2-1-3-6-13)30-25(32)21-14-9-10-15(17-12-16(14)17)22(21)26(30)33/h1-10,14-17,20-22H,11-12H2,(H,29,31)/t14-,15-,16-,17+,20-,21-,22+/m0/s1. The second-order valence-corrected chi connectivity index (χ2v) is 10.3. The van der Waals surface area contributed by atoms with Crippen molar-refractivity contribution < 1.29 is 14.4 Å². The molecule has 1 aliphatic heterocycles. The molecule has 7 rings (SSSR count). The van der Waals surface area contributed by atoms with Crippen LogP contribution in [0, 0.1) is 35.5 Å². The van der Waals surface area contributed by atoms with Crippen molar-refractivity contribution in [2.24, 2.45) is 35.5 Å². The first-order valence-corrected chi connectivity index (χ1v) is 12.1. The fourth-order valence-corrected chi connectivity index (χ4v) is 6.59. The quantitative estimate of drug-likeness (QED) is 0.502. The van der Waals surface area contributed by atoms with Gasteiger partial charge in [0.1, 0.15) is 6.04 Å². The van der Waals surface area contributed by atoms with Gasteiger partial charge in [0, 0.05) is 6.42 Å². The lowest BCUT2D eigenvalue weighted by atomic mass is 9.63. The van der Waals surface area contributed by atoms with Gasteiger partial charge in [-0.1, -0.05) is 71.8 Å². The molecule has 5 aliphatic rings. The van der Waals surface area contributed by atoms with Crippen LogP contribution in [0.4, 0.5) is 5.69 Å². The predicted molar refractivity (Wildman–Crippen MR) is 126 cm³/mol. The topological polar surface area (TPSA) is 66.5 Å². The summed E-state index contributed by atoms with van der Waals surface area (Å²) in [6.45, 7) is 0. The Morgan fingerprint density at radius 2 is 1.58 bits per heavy atom. The lowest BCUT2D eigenvalue weighted by Crippen LogP contribution is -2.49. The molecule has 0 aromatic heterocycles. The fraction of sp³-hybridized carbons (Fsp3) is 0.346. The summed E-state index contributed by atoms with van der Waals surface area (Å²) in [7, 11) is 0. The summed E-state index contributed by atoms with van der Waals surface area (Å²) >= 11 is 12.4. The van der Waals surface area contributed by atoms with Gasteiger partial charge in [0.2, 0.25) is 17.7 Å². The third-order valence-corrected chi connectivity index (χ3v) is 8.61. The highest BCUT2D eigenvalue weighted by Crippen LogP contribution is 2.65. The Morgan fingerprint density at radius 1 is 0.939 bits per heavy atom. The zero-order chi connectivity index (χ0) is 22.9. The van der Waals surface area contributed by atoms with Gasteiger partial charge in [0.05, 0.1) is 27.6 Å². The Morgan fingerprint density at radius 3 is 2.21 bits per heavy atom. The first kappa shape index (κ1) is 20.9. The van der Waals surface area contributed by atoms with E-state index < -0.39 is 11.9 Å². The number of imide groups is 1. The van der Waals surface area contributed by atoms with Crippen LogP contribution >= 0.6 is 23.2 Å². The Hall–Kier alpha value is -2.63. The number of allylic oxidation sites excluding steroid dienone is 2. The zero-order valence-corrected chi connectivity index (χ0v) is 19.2. The van der Waals surface area contributed by atoms with Crippen LogP contribution in [-0.2, 0) is 20.8 Å². The van der Waals surface area contributed by atoms with E-state index in [9.17, 15) is 14.4 Å². The number of nitrogens with one attached hydrogen (secondary N) is 1. The van der Waals surface area contributed by atoms with Crippen LogP contribution in [0.1, 0.15) is 12.0 Å². The maximum Gasteiger partial charge on any atom is 0.248 e. The van der Waals surface area contributed by atoms with Gasteiger partial charge in [-0.3, -0.25) is 19.3 Å². The lowest BCUT2D eigenvalue weighted by molar-refractivity contribution is -0.146. The van der Waals surface area contributed by atoms with Gasteiger partial charge in [-0.2, -0.15) is 0 Å². The van der Waals surface area contributed by atoms with E-state index in [4.69, 9.17) is 23.2 Å². The number of carbonyl (C=O) groups excluding carboxylic acids is 3. The number of anilines is 1. The molecule has 2 aromatic carbocycles. The number of nitrogens with zero attached hydrogens (tertiary/aromatic N) is 1. The maximum atomic E-state index is 13.7. The van der Waals surface area contributed by atoms with Gasteiger partial charge in [-0.15, -0.1) is 0 Å². The highest BCUT2D eigenvalue weighted by molar-refractivity contribution is 6.44. The minimum Gasteiger partial charge on any atom is -0.323 e. The van der Waals surface area contributed by atoms with E-state index in [-0.39, 0.29) is 46.9 Å². The maximum absolute atomic E-state index is 13.7. The van der Waals surface area contributed by atoms with Crippen LogP contribution in [-0.4, -0.2) is 28.7 Å². The Kier molecular flexibility index (Phi) is 4.89. The average molecular weight is 481 g/mol. The molecule has 2 bridgehead atoms. The molecule has 3 fully saturated rings. The molecule has 1 heterocycles. The largest absolute Gasteiger partial charge is 0.323 e.